The molecular formula is C13H25N3O3. The monoisotopic (exact) mass is 271 g/mol. The maximum atomic E-state index is 11.7. The zero-order valence-corrected chi connectivity index (χ0v) is 11.9. The average molecular weight is 271 g/mol. The van der Waals surface area contributed by atoms with Crippen LogP contribution in [0.5, 0.6) is 0 Å². The van der Waals surface area contributed by atoms with E-state index in [0.717, 1.165) is 6.42 Å². The lowest BCUT2D eigenvalue weighted by molar-refractivity contribution is -0.134. The fourth-order valence-corrected chi connectivity index (χ4v) is 1.67. The van der Waals surface area contributed by atoms with E-state index >= 15 is 0 Å². The molecule has 0 aliphatic heterocycles. The first-order chi connectivity index (χ1) is 9.13. The van der Waals surface area contributed by atoms with Crippen LogP contribution in [0.15, 0.2) is 0 Å². The summed E-state index contributed by atoms with van der Waals surface area (Å²) >= 11 is 0. The summed E-state index contributed by atoms with van der Waals surface area (Å²) in [4.78, 5) is 24.8. The highest BCUT2D eigenvalue weighted by atomic mass is 16.5. The first-order valence-electron chi connectivity index (χ1n) is 6.86. The number of nitrogens with one attached hydrogen (secondary N) is 2. The van der Waals surface area contributed by atoms with Crippen molar-refractivity contribution in [1.29, 1.82) is 0 Å². The Kier molecular flexibility index (Phi) is 7.43. The molecule has 1 fully saturated rings. The van der Waals surface area contributed by atoms with Gasteiger partial charge in [0.25, 0.3) is 0 Å². The number of carbonyl (C=O) groups excluding carboxylic acids is 2. The van der Waals surface area contributed by atoms with Gasteiger partial charge in [-0.1, -0.05) is 0 Å². The molecule has 0 aromatic carbocycles. The molecule has 0 unspecified atom stereocenters. The predicted molar refractivity (Wildman–Crippen MR) is 72.8 cm³/mol. The van der Waals surface area contributed by atoms with Gasteiger partial charge in [-0.3, -0.25) is 9.59 Å². The van der Waals surface area contributed by atoms with Crippen molar-refractivity contribution in [2.24, 2.45) is 0 Å². The van der Waals surface area contributed by atoms with Gasteiger partial charge in [-0.25, -0.2) is 0 Å². The lowest BCUT2D eigenvalue weighted by atomic mass is 10.3. The van der Waals surface area contributed by atoms with Crippen molar-refractivity contribution in [1.82, 2.24) is 15.5 Å². The zero-order chi connectivity index (χ0) is 14.1. The topological polar surface area (TPSA) is 70.7 Å². The third-order valence-corrected chi connectivity index (χ3v) is 3.00. The van der Waals surface area contributed by atoms with E-state index in [1.807, 2.05) is 0 Å². The number of hydrogen-bond acceptors (Lipinski definition) is 4. The molecule has 1 rings (SSSR count). The van der Waals surface area contributed by atoms with Crippen LogP contribution < -0.4 is 10.6 Å². The highest BCUT2D eigenvalue weighted by Crippen LogP contribution is 2.18. The van der Waals surface area contributed by atoms with Gasteiger partial charge in [0.05, 0.1) is 6.54 Å². The molecular weight excluding hydrogens is 246 g/mol. The highest BCUT2D eigenvalue weighted by molar-refractivity contribution is 5.84. The summed E-state index contributed by atoms with van der Waals surface area (Å²) < 4.78 is 4.89. The number of nitrogens with zero attached hydrogens (tertiary/aromatic N) is 1. The molecule has 0 spiro atoms. The first kappa shape index (κ1) is 15.9. The van der Waals surface area contributed by atoms with E-state index in [1.54, 1.807) is 14.2 Å². The van der Waals surface area contributed by atoms with Crippen molar-refractivity contribution in [2.75, 3.05) is 40.4 Å². The fourth-order valence-electron chi connectivity index (χ4n) is 1.67. The molecule has 1 aliphatic rings. The summed E-state index contributed by atoms with van der Waals surface area (Å²) in [5.41, 5.74) is 0. The van der Waals surface area contributed by atoms with Crippen molar-refractivity contribution in [3.8, 4) is 0 Å². The van der Waals surface area contributed by atoms with Crippen LogP contribution in [-0.2, 0) is 14.3 Å². The number of rotatable bonds is 10. The Labute approximate surface area is 114 Å². The Morgan fingerprint density at radius 1 is 1.32 bits per heavy atom. The van der Waals surface area contributed by atoms with Crippen LogP contribution >= 0.6 is 0 Å². The molecule has 2 N–H and O–H groups in total. The quantitative estimate of drug-likeness (QED) is 0.537. The van der Waals surface area contributed by atoms with E-state index in [-0.39, 0.29) is 18.4 Å². The van der Waals surface area contributed by atoms with Gasteiger partial charge in [-0.05, 0) is 19.3 Å². The van der Waals surface area contributed by atoms with Crippen LogP contribution in [0.1, 0.15) is 25.7 Å². The van der Waals surface area contributed by atoms with E-state index < -0.39 is 0 Å². The Hall–Kier alpha value is -1.14. The summed E-state index contributed by atoms with van der Waals surface area (Å²) in [7, 11) is 3.29. The summed E-state index contributed by atoms with van der Waals surface area (Å²) in [6, 6.07) is 0.613. The molecule has 0 aromatic heterocycles. The lowest BCUT2D eigenvalue weighted by Crippen LogP contribution is -2.39. The van der Waals surface area contributed by atoms with E-state index in [1.165, 1.54) is 17.7 Å². The third kappa shape index (κ3) is 7.79. The van der Waals surface area contributed by atoms with Gasteiger partial charge < -0.3 is 20.3 Å². The van der Waals surface area contributed by atoms with E-state index in [2.05, 4.69) is 10.6 Å². The molecule has 0 atom stereocenters. The van der Waals surface area contributed by atoms with Crippen molar-refractivity contribution in [2.45, 2.75) is 31.7 Å². The third-order valence-electron chi connectivity index (χ3n) is 3.00. The zero-order valence-electron chi connectivity index (χ0n) is 11.9. The predicted octanol–water partition coefficient (Wildman–Crippen LogP) is -0.260. The van der Waals surface area contributed by atoms with Crippen molar-refractivity contribution >= 4 is 11.8 Å². The summed E-state index contributed by atoms with van der Waals surface area (Å²) in [6.45, 7) is 2.03. The molecule has 6 heteroatoms. The van der Waals surface area contributed by atoms with Crippen LogP contribution in [0, 0.1) is 0 Å². The van der Waals surface area contributed by atoms with Crippen molar-refractivity contribution in [3.63, 3.8) is 0 Å². The van der Waals surface area contributed by atoms with Gasteiger partial charge in [-0.2, -0.15) is 0 Å². The summed E-state index contributed by atoms with van der Waals surface area (Å²) in [5.74, 6) is -0.123. The number of hydrogen-bond donors (Lipinski definition) is 2. The summed E-state index contributed by atoms with van der Waals surface area (Å²) in [6.07, 6.45) is 3.66. The van der Waals surface area contributed by atoms with Crippen LogP contribution in [0.25, 0.3) is 0 Å². The van der Waals surface area contributed by atoms with E-state index in [9.17, 15) is 9.59 Å². The number of amides is 2. The minimum absolute atomic E-state index is 0.000177. The standard InChI is InChI=1S/C13H25N3O3/c1-16(10-12(17)15-7-3-9-19-2)13(18)6-8-14-11-4-5-11/h11,14H,3-10H2,1-2H3,(H,15,17). The largest absolute Gasteiger partial charge is 0.385 e. The van der Waals surface area contributed by atoms with Crippen LogP contribution in [0.3, 0.4) is 0 Å². The van der Waals surface area contributed by atoms with Crippen LogP contribution in [0.2, 0.25) is 0 Å². The first-order valence-corrected chi connectivity index (χ1v) is 6.86. The molecule has 0 saturated heterocycles. The van der Waals surface area contributed by atoms with Gasteiger partial charge in [0.15, 0.2) is 0 Å². The Morgan fingerprint density at radius 3 is 2.68 bits per heavy atom. The smallest absolute Gasteiger partial charge is 0.239 e. The Bertz CT molecular complexity index is 293. The molecule has 110 valence electrons. The second-order valence-corrected chi connectivity index (χ2v) is 4.92. The van der Waals surface area contributed by atoms with Gasteiger partial charge in [-0.15, -0.1) is 0 Å². The minimum Gasteiger partial charge on any atom is -0.385 e. The Morgan fingerprint density at radius 2 is 2.05 bits per heavy atom. The minimum atomic E-state index is -0.123. The second-order valence-electron chi connectivity index (χ2n) is 4.92. The van der Waals surface area contributed by atoms with E-state index in [0.29, 0.717) is 32.2 Å². The molecule has 19 heavy (non-hydrogen) atoms. The molecule has 1 saturated carbocycles. The molecule has 0 bridgehead atoms. The summed E-state index contributed by atoms with van der Waals surface area (Å²) in [5, 5.41) is 6.04. The normalized spacial score (nSPS) is 14.2. The molecule has 0 aromatic rings. The molecule has 0 radical (unpaired) electrons. The van der Waals surface area contributed by atoms with Crippen molar-refractivity contribution in [3.05, 3.63) is 0 Å². The van der Waals surface area contributed by atoms with Crippen LogP contribution in [0.4, 0.5) is 0 Å². The fraction of sp³-hybridized carbons (Fsp3) is 0.846. The van der Waals surface area contributed by atoms with Gasteiger partial charge in [0.1, 0.15) is 0 Å². The van der Waals surface area contributed by atoms with E-state index in [4.69, 9.17) is 4.74 Å². The maximum Gasteiger partial charge on any atom is 0.239 e. The van der Waals surface area contributed by atoms with Gasteiger partial charge in [0, 0.05) is 46.3 Å². The van der Waals surface area contributed by atoms with Crippen LogP contribution in [-0.4, -0.2) is 63.2 Å². The number of likely N-dealkylation sites (N-methyl/N-ethyl adjacent to an activating group) is 1. The molecule has 1 aliphatic carbocycles. The maximum absolute atomic E-state index is 11.7. The number of ether oxygens (including phenoxy) is 1. The lowest BCUT2D eigenvalue weighted by Gasteiger charge is -2.17. The molecule has 6 nitrogen and oxygen atoms in total. The number of methoxy groups -OCH3 is 1. The van der Waals surface area contributed by atoms with Crippen molar-refractivity contribution < 1.29 is 14.3 Å². The Balaban J connectivity index is 2.04. The molecule has 0 heterocycles. The molecule has 2 amide bonds. The number of carbonyl (C=O) groups is 2. The van der Waals surface area contributed by atoms with Gasteiger partial charge in [0.2, 0.25) is 11.8 Å². The SMILES string of the molecule is COCCCNC(=O)CN(C)C(=O)CCNC1CC1. The van der Waals surface area contributed by atoms with Gasteiger partial charge >= 0.3 is 0 Å². The second kappa shape index (κ2) is 8.87. The average Bonchev–Trinajstić information content (AvgIpc) is 3.18. The highest BCUT2D eigenvalue weighted by Gasteiger charge is 2.20.